The fourth-order valence-corrected chi connectivity index (χ4v) is 4.72. The third-order valence-corrected chi connectivity index (χ3v) is 6.43. The number of halogens is 2. The fourth-order valence-electron chi connectivity index (χ4n) is 3.48. The Morgan fingerprint density at radius 2 is 1.93 bits per heavy atom. The minimum Gasteiger partial charge on any atom is -0.340 e. The van der Waals surface area contributed by atoms with Crippen molar-refractivity contribution in [2.45, 2.75) is 19.4 Å². The Hall–Kier alpha value is -1.93. The van der Waals surface area contributed by atoms with Crippen molar-refractivity contribution in [3.05, 3.63) is 67.5 Å². The van der Waals surface area contributed by atoms with E-state index in [4.69, 9.17) is 23.2 Å². The van der Waals surface area contributed by atoms with Gasteiger partial charge in [0.15, 0.2) is 4.96 Å². The van der Waals surface area contributed by atoms with Crippen LogP contribution in [0.25, 0.3) is 4.96 Å². The summed E-state index contributed by atoms with van der Waals surface area (Å²) < 4.78 is 1.55. The van der Waals surface area contributed by atoms with E-state index in [0.717, 1.165) is 24.3 Å². The highest BCUT2D eigenvalue weighted by atomic mass is 35.5. The van der Waals surface area contributed by atoms with E-state index in [1.807, 2.05) is 16.3 Å². The monoisotopic (exact) mass is 450 g/mol. The van der Waals surface area contributed by atoms with E-state index in [1.54, 1.807) is 28.8 Å². The Bertz CT molecular complexity index is 1090. The molecule has 0 spiro atoms. The maximum absolute atomic E-state index is 12.6. The van der Waals surface area contributed by atoms with E-state index in [2.05, 4.69) is 9.88 Å². The lowest BCUT2D eigenvalue weighted by atomic mass is 10.1. The number of piperazine rings is 1. The zero-order valence-corrected chi connectivity index (χ0v) is 18.0. The van der Waals surface area contributed by atoms with Crippen LogP contribution in [0.2, 0.25) is 10.0 Å². The average molecular weight is 451 g/mol. The first-order chi connectivity index (χ1) is 14.0. The Morgan fingerprint density at radius 1 is 1.14 bits per heavy atom. The van der Waals surface area contributed by atoms with Gasteiger partial charge in [-0.15, -0.1) is 11.3 Å². The van der Waals surface area contributed by atoms with Crippen molar-refractivity contribution in [2.24, 2.45) is 0 Å². The fraction of sp³-hybridized carbons (Fsp3) is 0.350. The molecule has 0 aliphatic carbocycles. The van der Waals surface area contributed by atoms with Gasteiger partial charge in [0.05, 0.1) is 5.69 Å². The Labute approximate surface area is 182 Å². The second kappa shape index (κ2) is 8.83. The van der Waals surface area contributed by atoms with Gasteiger partial charge in [0.25, 0.3) is 5.56 Å². The Morgan fingerprint density at radius 3 is 2.69 bits per heavy atom. The number of aryl methyl sites for hydroxylation is 1. The van der Waals surface area contributed by atoms with Gasteiger partial charge in [-0.3, -0.25) is 18.9 Å². The first-order valence-electron chi connectivity index (χ1n) is 9.39. The SMILES string of the molecule is O=C(CCc1ccc(Cl)cc1Cl)N1CCN(Cc2cc(=O)n3ccsc3n2)CC1. The van der Waals surface area contributed by atoms with Gasteiger partial charge in [-0.2, -0.15) is 0 Å². The van der Waals surface area contributed by atoms with Gasteiger partial charge in [-0.05, 0) is 24.1 Å². The van der Waals surface area contributed by atoms with Crippen LogP contribution in [-0.4, -0.2) is 51.3 Å². The van der Waals surface area contributed by atoms with Gasteiger partial charge in [-0.1, -0.05) is 29.3 Å². The van der Waals surface area contributed by atoms with Crippen molar-refractivity contribution in [1.82, 2.24) is 19.2 Å². The van der Waals surface area contributed by atoms with E-state index in [9.17, 15) is 9.59 Å². The molecule has 3 heterocycles. The van der Waals surface area contributed by atoms with Crippen LogP contribution in [-0.2, 0) is 17.8 Å². The molecule has 0 saturated carbocycles. The van der Waals surface area contributed by atoms with Gasteiger partial charge in [0.1, 0.15) is 0 Å². The lowest BCUT2D eigenvalue weighted by molar-refractivity contribution is -0.133. The average Bonchev–Trinajstić information content (AvgIpc) is 3.17. The summed E-state index contributed by atoms with van der Waals surface area (Å²) in [5, 5.41) is 3.05. The number of hydrogen-bond donors (Lipinski definition) is 0. The molecular weight excluding hydrogens is 431 g/mol. The minimum atomic E-state index is -0.0547. The van der Waals surface area contributed by atoms with Crippen molar-refractivity contribution in [2.75, 3.05) is 26.2 Å². The van der Waals surface area contributed by atoms with Crippen LogP contribution in [0.1, 0.15) is 17.7 Å². The minimum absolute atomic E-state index is 0.0547. The predicted octanol–water partition coefficient (Wildman–Crippen LogP) is 3.34. The number of hydrogen-bond acceptors (Lipinski definition) is 5. The summed E-state index contributed by atoms with van der Waals surface area (Å²) in [5.74, 6) is 0.132. The van der Waals surface area contributed by atoms with Crippen LogP contribution in [0.4, 0.5) is 0 Å². The highest BCUT2D eigenvalue weighted by Gasteiger charge is 2.21. The number of benzene rings is 1. The lowest BCUT2D eigenvalue weighted by Crippen LogP contribution is -2.48. The normalized spacial score (nSPS) is 15.2. The van der Waals surface area contributed by atoms with Crippen molar-refractivity contribution < 1.29 is 4.79 Å². The topological polar surface area (TPSA) is 57.9 Å². The molecule has 0 N–H and O–H groups in total. The van der Waals surface area contributed by atoms with Gasteiger partial charge in [-0.25, -0.2) is 4.98 Å². The van der Waals surface area contributed by atoms with Crippen LogP contribution >= 0.6 is 34.5 Å². The first-order valence-corrected chi connectivity index (χ1v) is 11.0. The largest absolute Gasteiger partial charge is 0.340 e. The molecule has 1 amide bonds. The third-order valence-electron chi connectivity index (χ3n) is 5.09. The highest BCUT2D eigenvalue weighted by molar-refractivity contribution is 7.15. The molecule has 2 aromatic heterocycles. The quantitative estimate of drug-likeness (QED) is 0.597. The standard InChI is InChI=1S/C20H20Cl2N4O2S/c21-15-3-1-14(17(22)11-15)2-4-18(27)25-7-5-24(6-8-25)13-16-12-19(28)26-9-10-29-20(26)23-16/h1,3,9-12H,2,4-8,13H2. The number of rotatable bonds is 5. The number of carbonyl (C=O) groups is 1. The number of nitrogens with zero attached hydrogens (tertiary/aromatic N) is 4. The molecule has 1 aromatic carbocycles. The molecule has 1 fully saturated rings. The van der Waals surface area contributed by atoms with Gasteiger partial charge in [0.2, 0.25) is 5.91 Å². The number of fused-ring (bicyclic) bond motifs is 1. The summed E-state index contributed by atoms with van der Waals surface area (Å²) in [6.45, 7) is 3.49. The third kappa shape index (κ3) is 4.80. The van der Waals surface area contributed by atoms with E-state index in [-0.39, 0.29) is 11.5 Å². The van der Waals surface area contributed by atoms with Crippen LogP contribution in [0.5, 0.6) is 0 Å². The zero-order valence-electron chi connectivity index (χ0n) is 15.7. The molecule has 6 nitrogen and oxygen atoms in total. The first kappa shape index (κ1) is 20.3. The van der Waals surface area contributed by atoms with Crippen LogP contribution in [0.15, 0.2) is 40.6 Å². The molecule has 3 aromatic rings. The summed E-state index contributed by atoms with van der Waals surface area (Å²) in [7, 11) is 0. The Balaban J connectivity index is 1.29. The number of aromatic nitrogens is 2. The second-order valence-electron chi connectivity index (χ2n) is 7.03. The highest BCUT2D eigenvalue weighted by Crippen LogP contribution is 2.22. The van der Waals surface area contributed by atoms with Gasteiger partial charge in [0, 0.05) is 66.8 Å². The molecule has 4 rings (SSSR count). The second-order valence-corrected chi connectivity index (χ2v) is 8.75. The summed E-state index contributed by atoms with van der Waals surface area (Å²) in [6, 6.07) is 6.96. The lowest BCUT2D eigenvalue weighted by Gasteiger charge is -2.34. The zero-order chi connectivity index (χ0) is 20.4. The van der Waals surface area contributed by atoms with Crippen LogP contribution in [0, 0.1) is 0 Å². The Kier molecular flexibility index (Phi) is 6.20. The number of carbonyl (C=O) groups excluding carboxylic acids is 1. The molecule has 0 atom stereocenters. The molecule has 9 heteroatoms. The molecule has 152 valence electrons. The molecule has 1 aliphatic rings. The summed E-state index contributed by atoms with van der Waals surface area (Å²) in [5.41, 5.74) is 1.65. The van der Waals surface area contributed by atoms with E-state index in [1.165, 1.54) is 11.3 Å². The van der Waals surface area contributed by atoms with Gasteiger partial charge >= 0.3 is 0 Å². The van der Waals surface area contributed by atoms with E-state index in [0.29, 0.717) is 47.5 Å². The number of thiazole rings is 1. The smallest absolute Gasteiger partial charge is 0.258 e. The van der Waals surface area contributed by atoms with E-state index >= 15 is 0 Å². The maximum atomic E-state index is 12.6. The molecule has 0 unspecified atom stereocenters. The van der Waals surface area contributed by atoms with Gasteiger partial charge < -0.3 is 4.90 Å². The molecule has 0 bridgehead atoms. The maximum Gasteiger partial charge on any atom is 0.258 e. The number of amides is 1. The molecule has 29 heavy (non-hydrogen) atoms. The molecule has 1 saturated heterocycles. The summed E-state index contributed by atoms with van der Waals surface area (Å²) in [4.78, 5) is 34.1. The van der Waals surface area contributed by atoms with Crippen LogP contribution in [0.3, 0.4) is 0 Å². The molecular formula is C20H20Cl2N4O2S. The summed E-state index contributed by atoms with van der Waals surface area (Å²) >= 11 is 13.6. The van der Waals surface area contributed by atoms with E-state index < -0.39 is 0 Å². The predicted molar refractivity (Wildman–Crippen MR) is 116 cm³/mol. The molecule has 0 radical (unpaired) electrons. The molecule has 1 aliphatic heterocycles. The van der Waals surface area contributed by atoms with Crippen LogP contribution < -0.4 is 5.56 Å². The van der Waals surface area contributed by atoms with Crippen molar-refractivity contribution in [1.29, 1.82) is 0 Å². The summed E-state index contributed by atoms with van der Waals surface area (Å²) in [6.07, 6.45) is 2.76. The van der Waals surface area contributed by atoms with Crippen molar-refractivity contribution in [3.63, 3.8) is 0 Å². The van der Waals surface area contributed by atoms with Crippen molar-refractivity contribution >= 4 is 45.4 Å². The van der Waals surface area contributed by atoms with Crippen molar-refractivity contribution in [3.8, 4) is 0 Å².